The maximum Gasteiger partial charge on any atom is 0.472 e. The van der Waals surface area contributed by atoms with Crippen molar-refractivity contribution < 1.29 is 56.7 Å². The Hall–Kier alpha value is -3.44. The number of ether oxygens (including phenoxy) is 2. The molecule has 3 aliphatic heterocycles. The monoisotopic (exact) mass is 674 g/mol. The van der Waals surface area contributed by atoms with E-state index in [1.807, 2.05) is 0 Å². The van der Waals surface area contributed by atoms with Crippen LogP contribution in [0.5, 0.6) is 0 Å². The first-order valence-corrected chi connectivity index (χ1v) is 15.9. The summed E-state index contributed by atoms with van der Waals surface area (Å²) in [6.07, 6.45) is -9.21. The van der Waals surface area contributed by atoms with Gasteiger partial charge < -0.3 is 40.9 Å². The third-order valence-corrected chi connectivity index (χ3v) is 9.29. The Balaban J connectivity index is 1.21. The summed E-state index contributed by atoms with van der Waals surface area (Å²) in [7, 11) is -10.2. The predicted octanol–water partition coefficient (Wildman–Crippen LogP) is -2.34. The molecule has 0 radical (unpaired) electrons. The Morgan fingerprint density at radius 3 is 2.18 bits per heavy atom. The van der Waals surface area contributed by atoms with Crippen molar-refractivity contribution in [2.75, 3.05) is 24.7 Å². The Bertz CT molecular complexity index is 1940. The minimum absolute atomic E-state index is 0.0343. The first-order valence-electron chi connectivity index (χ1n) is 13.0. The van der Waals surface area contributed by atoms with E-state index in [0.717, 1.165) is 17.2 Å². The lowest BCUT2D eigenvalue weighted by molar-refractivity contribution is -0.0672. The van der Waals surface area contributed by atoms with Crippen LogP contribution in [0.25, 0.3) is 22.3 Å². The third-order valence-electron chi connectivity index (χ3n) is 7.32. The minimum atomic E-state index is -5.11. The first kappa shape index (κ1) is 30.2. The molecule has 242 valence electrons. The summed E-state index contributed by atoms with van der Waals surface area (Å²) in [5.74, 6) is -0.250. The van der Waals surface area contributed by atoms with Gasteiger partial charge in [0.15, 0.2) is 35.1 Å². The lowest BCUT2D eigenvalue weighted by Gasteiger charge is -2.25. The molecule has 4 aromatic heterocycles. The van der Waals surface area contributed by atoms with Gasteiger partial charge in [-0.05, 0) is 0 Å². The summed E-state index contributed by atoms with van der Waals surface area (Å²) in [5.41, 5.74) is 10.8. The van der Waals surface area contributed by atoms with Crippen LogP contribution in [0, 0.1) is 0 Å². The van der Waals surface area contributed by atoms with Gasteiger partial charge in [-0.15, -0.1) is 0 Å². The average Bonchev–Trinajstić information content (AvgIpc) is 3.72. The molecule has 0 amide bonds. The van der Waals surface area contributed by atoms with Crippen molar-refractivity contribution in [1.82, 2.24) is 39.0 Å². The maximum atomic E-state index is 13.2. The maximum absolute atomic E-state index is 13.2. The topological polar surface area (TPSA) is 330 Å². The molecule has 10 atom stereocenters. The van der Waals surface area contributed by atoms with Gasteiger partial charge in [-0.1, -0.05) is 0 Å². The smallest absolute Gasteiger partial charge is 0.387 e. The van der Waals surface area contributed by atoms with Crippen molar-refractivity contribution in [3.8, 4) is 0 Å². The average molecular weight is 674 g/mol. The number of aliphatic hydroxyl groups is 2. The SMILES string of the molecule is Nc1nc2c(ncn2[C@@H]2O[C@@H]3COP(=O)(O)O[C@H]4[C@@H](O)[C@H](n5cnc6c(N)ncnc65)O[C@@H]4COP(=O)(O)O[C@@H]2[C@H]3O)c(=O)[nH]1. The fraction of sp³-hybridized carbons (Fsp3) is 0.500. The molecule has 7 rings (SSSR count). The number of aliphatic hydroxyl groups excluding tert-OH is 2. The van der Waals surface area contributed by atoms with Crippen molar-refractivity contribution in [1.29, 1.82) is 0 Å². The van der Waals surface area contributed by atoms with Crippen LogP contribution in [0.2, 0.25) is 0 Å². The van der Waals surface area contributed by atoms with Crippen molar-refractivity contribution in [2.24, 2.45) is 0 Å². The van der Waals surface area contributed by atoms with Gasteiger partial charge in [0, 0.05) is 0 Å². The number of rotatable bonds is 2. The molecule has 7 heterocycles. The normalized spacial score (nSPS) is 37.7. The molecule has 9 N–H and O–H groups in total. The Kier molecular flexibility index (Phi) is 7.27. The molecule has 3 aliphatic rings. The summed E-state index contributed by atoms with van der Waals surface area (Å²) in [6.45, 7) is -1.65. The van der Waals surface area contributed by atoms with Crippen LogP contribution in [0.4, 0.5) is 11.8 Å². The summed E-state index contributed by atoms with van der Waals surface area (Å²) in [4.78, 5) is 55.8. The standard InChI is InChI=1S/C20H24N10O13P2/c21-14-8-15(24-3-23-14)29(4-25-8)18-11(32)12-7(41-18)2-39-45(36,37)43-13-10(31)6(1-38-44(34,35)42-12)40-19(13)30-5-26-9-16(30)27-20(22)28-17(9)33/h3-7,10-13,18-19,31-32H,1-2H2,(H,34,35)(H,36,37)(H2,21,23,24)(H3,22,27,28,33)/t6-,7-,10+,11-,12-,13-,18-,19-/m1/s1. The number of hydrogen-bond donors (Lipinski definition) is 7. The molecule has 0 saturated carbocycles. The first-order chi connectivity index (χ1) is 21.3. The molecule has 0 aliphatic carbocycles. The number of nitrogens with one attached hydrogen (secondary N) is 1. The van der Waals surface area contributed by atoms with E-state index in [-0.39, 0.29) is 34.1 Å². The van der Waals surface area contributed by atoms with Gasteiger partial charge >= 0.3 is 15.6 Å². The molecule has 3 saturated heterocycles. The number of anilines is 2. The molecule has 0 aromatic carbocycles. The molecule has 25 heteroatoms. The molecule has 0 spiro atoms. The fourth-order valence-electron chi connectivity index (χ4n) is 5.30. The van der Waals surface area contributed by atoms with Crippen LogP contribution in [0.1, 0.15) is 12.5 Å². The van der Waals surface area contributed by atoms with E-state index < -0.39 is 83.5 Å². The highest BCUT2D eigenvalue weighted by atomic mass is 31.2. The zero-order valence-electron chi connectivity index (χ0n) is 22.4. The van der Waals surface area contributed by atoms with Crippen LogP contribution in [-0.4, -0.2) is 109 Å². The summed E-state index contributed by atoms with van der Waals surface area (Å²) in [6, 6.07) is 0. The van der Waals surface area contributed by atoms with E-state index in [4.69, 9.17) is 39.0 Å². The number of fused-ring (bicyclic) bond motifs is 5. The summed E-state index contributed by atoms with van der Waals surface area (Å²) in [5, 5.41) is 22.1. The quantitative estimate of drug-likeness (QED) is 0.109. The lowest BCUT2D eigenvalue weighted by Crippen LogP contribution is -2.36. The van der Waals surface area contributed by atoms with Gasteiger partial charge in [-0.2, -0.15) is 4.98 Å². The number of aromatic nitrogens is 8. The Labute approximate surface area is 248 Å². The molecule has 3 fully saturated rings. The molecule has 2 unspecified atom stereocenters. The van der Waals surface area contributed by atoms with Crippen molar-refractivity contribution >= 4 is 49.7 Å². The second kappa shape index (κ2) is 10.8. The van der Waals surface area contributed by atoms with E-state index in [9.17, 15) is 33.9 Å². The third kappa shape index (κ3) is 5.31. The van der Waals surface area contributed by atoms with Crippen LogP contribution in [0.15, 0.2) is 23.8 Å². The summed E-state index contributed by atoms with van der Waals surface area (Å²) >= 11 is 0. The van der Waals surface area contributed by atoms with Gasteiger partial charge in [-0.3, -0.25) is 37.0 Å². The molecule has 2 bridgehead atoms. The largest absolute Gasteiger partial charge is 0.472 e. The lowest BCUT2D eigenvalue weighted by atomic mass is 10.1. The van der Waals surface area contributed by atoms with E-state index in [2.05, 4.69) is 29.9 Å². The Morgan fingerprint density at radius 2 is 1.44 bits per heavy atom. The van der Waals surface area contributed by atoms with E-state index in [1.54, 1.807) is 0 Å². The second-order valence-electron chi connectivity index (χ2n) is 10.1. The number of hydrogen-bond acceptors (Lipinski definition) is 18. The number of nitrogens with two attached hydrogens (primary N) is 2. The minimum Gasteiger partial charge on any atom is -0.387 e. The zero-order valence-corrected chi connectivity index (χ0v) is 24.2. The van der Waals surface area contributed by atoms with E-state index >= 15 is 0 Å². The van der Waals surface area contributed by atoms with E-state index in [1.165, 1.54) is 10.9 Å². The van der Waals surface area contributed by atoms with Crippen molar-refractivity contribution in [3.63, 3.8) is 0 Å². The number of H-pyrrole nitrogens is 1. The molecular formula is C20H24N10O13P2. The second-order valence-corrected chi connectivity index (χ2v) is 13.0. The van der Waals surface area contributed by atoms with Gasteiger partial charge in [0.25, 0.3) is 5.56 Å². The number of aromatic amines is 1. The number of phosphoric ester groups is 2. The predicted molar refractivity (Wildman–Crippen MR) is 143 cm³/mol. The number of nitrogens with zero attached hydrogens (tertiary/aromatic N) is 7. The summed E-state index contributed by atoms with van der Waals surface area (Å²) < 4.78 is 61.0. The van der Waals surface area contributed by atoms with E-state index in [0.29, 0.717) is 0 Å². The van der Waals surface area contributed by atoms with Crippen molar-refractivity contribution in [3.05, 3.63) is 29.3 Å². The molecular weight excluding hydrogens is 650 g/mol. The highest BCUT2D eigenvalue weighted by Crippen LogP contribution is 2.53. The van der Waals surface area contributed by atoms with Crippen LogP contribution < -0.4 is 17.0 Å². The van der Waals surface area contributed by atoms with Gasteiger partial charge in [0.05, 0.1) is 25.9 Å². The van der Waals surface area contributed by atoms with Crippen LogP contribution >= 0.6 is 15.6 Å². The highest BCUT2D eigenvalue weighted by Gasteiger charge is 2.54. The number of nitrogen functional groups attached to an aromatic ring is 2. The highest BCUT2D eigenvalue weighted by molar-refractivity contribution is 7.47. The Morgan fingerprint density at radius 1 is 0.822 bits per heavy atom. The van der Waals surface area contributed by atoms with Gasteiger partial charge in [-0.25, -0.2) is 29.1 Å². The number of phosphoric acid groups is 2. The van der Waals surface area contributed by atoms with Gasteiger partial charge in [0.2, 0.25) is 5.95 Å². The van der Waals surface area contributed by atoms with Gasteiger partial charge in [0.1, 0.15) is 48.5 Å². The zero-order chi connectivity index (χ0) is 31.8. The fourth-order valence-corrected chi connectivity index (χ4v) is 7.19. The molecule has 4 aromatic rings. The van der Waals surface area contributed by atoms with Crippen molar-refractivity contribution in [2.45, 2.75) is 49.1 Å². The number of imidazole rings is 2. The van der Waals surface area contributed by atoms with Crippen LogP contribution in [0.3, 0.4) is 0 Å². The molecule has 45 heavy (non-hydrogen) atoms. The molecule has 23 nitrogen and oxygen atoms in total. The van der Waals surface area contributed by atoms with Crippen LogP contribution in [-0.2, 0) is 36.7 Å².